The number of carbonyl (C=O) groups is 2. The molecule has 0 spiro atoms. The number of carbonyl (C=O) groups excluding carboxylic acids is 2. The van der Waals surface area contributed by atoms with Crippen LogP contribution in [0.3, 0.4) is 0 Å². The van der Waals surface area contributed by atoms with Crippen LogP contribution in [0, 0.1) is 0 Å². The van der Waals surface area contributed by atoms with E-state index in [0.29, 0.717) is 33.9 Å². The molecule has 14 heteroatoms. The lowest BCUT2D eigenvalue weighted by atomic mass is 10.3. The van der Waals surface area contributed by atoms with Crippen molar-refractivity contribution in [2.24, 2.45) is 0 Å². The van der Waals surface area contributed by atoms with Gasteiger partial charge in [0.2, 0.25) is 11.5 Å². The third kappa shape index (κ3) is 3.43. The lowest BCUT2D eigenvalue weighted by Crippen LogP contribution is -2.41. The smallest absolute Gasteiger partial charge is 0.256 e. The molecule has 1 saturated heterocycles. The Bertz CT molecular complexity index is 1620. The number of nitrogens with zero attached hydrogens (tertiary/aromatic N) is 10. The van der Waals surface area contributed by atoms with Crippen molar-refractivity contribution in [3.63, 3.8) is 0 Å². The fourth-order valence-corrected chi connectivity index (χ4v) is 4.04. The summed E-state index contributed by atoms with van der Waals surface area (Å²) < 4.78 is 13.6. The molecule has 0 N–H and O–H groups in total. The number of ether oxygens (including phenoxy) is 2. The van der Waals surface area contributed by atoms with Crippen molar-refractivity contribution in [1.82, 2.24) is 45.0 Å². The first-order valence-electron chi connectivity index (χ1n) is 10.8. The van der Waals surface area contributed by atoms with E-state index in [0.717, 1.165) is 0 Å². The van der Waals surface area contributed by atoms with Gasteiger partial charge in [-0.15, -0.1) is 10.2 Å². The molecular weight excluding hydrogens is 468 g/mol. The van der Waals surface area contributed by atoms with Crippen LogP contribution in [0.1, 0.15) is 12.1 Å². The van der Waals surface area contributed by atoms with E-state index in [-0.39, 0.29) is 24.4 Å². The van der Waals surface area contributed by atoms with Crippen LogP contribution in [0.2, 0.25) is 0 Å². The maximum Gasteiger partial charge on any atom is 0.256 e. The van der Waals surface area contributed by atoms with Gasteiger partial charge in [-0.1, -0.05) is 17.3 Å². The molecule has 0 saturated carbocycles. The third-order valence-electron chi connectivity index (χ3n) is 5.73. The molecule has 0 radical (unpaired) electrons. The number of hydrazine groups is 1. The summed E-state index contributed by atoms with van der Waals surface area (Å²) in [6.45, 7) is -0.0199. The second-order valence-electron chi connectivity index (χ2n) is 7.90. The molecular formula is C22H18N10O4. The largest absolute Gasteiger partial charge is 0.497 e. The summed E-state index contributed by atoms with van der Waals surface area (Å²) in [5, 5.41) is 22.6. The number of rotatable bonds is 6. The maximum absolute atomic E-state index is 12.9. The highest BCUT2D eigenvalue weighted by Crippen LogP contribution is 2.29. The van der Waals surface area contributed by atoms with Gasteiger partial charge in [-0.3, -0.25) is 9.59 Å². The van der Waals surface area contributed by atoms with Crippen molar-refractivity contribution in [2.75, 3.05) is 19.2 Å². The first-order valence-corrected chi connectivity index (χ1v) is 10.8. The predicted molar refractivity (Wildman–Crippen MR) is 123 cm³/mol. The number of anilines is 1. The first-order chi connectivity index (χ1) is 17.6. The predicted octanol–water partition coefficient (Wildman–Crippen LogP) is 0.951. The second kappa shape index (κ2) is 8.26. The molecule has 3 aromatic heterocycles. The zero-order chi connectivity index (χ0) is 24.8. The van der Waals surface area contributed by atoms with E-state index in [1.54, 1.807) is 44.7 Å². The topological polar surface area (TPSA) is 146 Å². The zero-order valence-electron chi connectivity index (χ0n) is 19.1. The molecule has 5 aromatic rings. The van der Waals surface area contributed by atoms with Gasteiger partial charge in [0.05, 0.1) is 43.7 Å². The molecule has 1 fully saturated rings. The van der Waals surface area contributed by atoms with Crippen LogP contribution in [0.4, 0.5) is 5.82 Å². The lowest BCUT2D eigenvalue weighted by molar-refractivity contribution is -0.128. The number of hydrogen-bond acceptors (Lipinski definition) is 10. The number of benzene rings is 2. The van der Waals surface area contributed by atoms with E-state index in [2.05, 4.69) is 30.8 Å². The van der Waals surface area contributed by atoms with E-state index in [1.807, 2.05) is 18.2 Å². The van der Waals surface area contributed by atoms with Crippen molar-refractivity contribution in [3.05, 3.63) is 54.4 Å². The van der Waals surface area contributed by atoms with Gasteiger partial charge in [0.1, 0.15) is 23.6 Å². The maximum atomic E-state index is 12.9. The molecule has 4 heterocycles. The van der Waals surface area contributed by atoms with E-state index in [1.165, 1.54) is 19.2 Å². The summed E-state index contributed by atoms with van der Waals surface area (Å²) >= 11 is 0. The van der Waals surface area contributed by atoms with Crippen molar-refractivity contribution >= 4 is 34.3 Å². The Kier molecular flexibility index (Phi) is 4.91. The van der Waals surface area contributed by atoms with Gasteiger partial charge in [-0.25, -0.2) is 14.7 Å². The van der Waals surface area contributed by atoms with Crippen molar-refractivity contribution in [3.8, 4) is 17.2 Å². The van der Waals surface area contributed by atoms with E-state index < -0.39 is 11.8 Å². The fraction of sp³-hybridized carbons (Fsp3) is 0.182. The summed E-state index contributed by atoms with van der Waals surface area (Å²) in [6, 6.07) is 12.5. The summed E-state index contributed by atoms with van der Waals surface area (Å²) in [5.41, 5.74) is 2.58. The van der Waals surface area contributed by atoms with E-state index >= 15 is 0 Å². The number of aromatic nitrogens is 8. The fourth-order valence-electron chi connectivity index (χ4n) is 4.04. The van der Waals surface area contributed by atoms with Crippen molar-refractivity contribution < 1.29 is 19.1 Å². The zero-order valence-corrected chi connectivity index (χ0v) is 19.1. The molecule has 14 nitrogen and oxygen atoms in total. The summed E-state index contributed by atoms with van der Waals surface area (Å²) in [6.07, 6.45) is 1.34. The number of tetrazole rings is 1. The van der Waals surface area contributed by atoms with Crippen LogP contribution >= 0.6 is 0 Å². The molecule has 1 aliphatic heterocycles. The van der Waals surface area contributed by atoms with Gasteiger partial charge in [0, 0.05) is 18.2 Å². The average Bonchev–Trinajstić information content (AvgIpc) is 3.63. The summed E-state index contributed by atoms with van der Waals surface area (Å²) in [4.78, 5) is 30.4. The van der Waals surface area contributed by atoms with Crippen LogP contribution in [-0.2, 0) is 16.1 Å². The molecule has 0 bridgehead atoms. The van der Waals surface area contributed by atoms with Crippen LogP contribution in [-0.4, -0.2) is 71.1 Å². The quantitative estimate of drug-likeness (QED) is 0.318. The second-order valence-corrected chi connectivity index (χ2v) is 7.90. The summed E-state index contributed by atoms with van der Waals surface area (Å²) in [5.74, 6) is 0.470. The van der Waals surface area contributed by atoms with E-state index in [9.17, 15) is 9.59 Å². The molecule has 180 valence electrons. The number of fused-ring (bicyclic) bond motifs is 3. The standard InChI is InChI=1S/C22H18N10O4/c1-35-15-7-14(8-16(9-15)36-2)29-11-13(24-27-29)12-30-19(33)10-20(34)32(30)21-22-25-26-28-31(22)18-6-4-3-5-17(18)23-21/h3-9,11H,10,12H2,1-2H3. The first kappa shape index (κ1) is 21.4. The minimum Gasteiger partial charge on any atom is -0.497 e. The SMILES string of the molecule is COc1cc(OC)cc(-n2cc(CN3C(=O)CC(=O)N3c3nc4ccccc4n4nnnc34)nn2)c1. The average molecular weight is 486 g/mol. The van der Waals surface area contributed by atoms with Gasteiger partial charge in [0.25, 0.3) is 11.8 Å². The van der Waals surface area contributed by atoms with Gasteiger partial charge in [-0.05, 0) is 22.6 Å². The molecule has 0 aliphatic carbocycles. The monoisotopic (exact) mass is 486 g/mol. The van der Waals surface area contributed by atoms with Gasteiger partial charge >= 0.3 is 0 Å². The Morgan fingerprint density at radius 1 is 0.944 bits per heavy atom. The molecule has 1 aliphatic rings. The van der Waals surface area contributed by atoms with Gasteiger partial charge in [0.15, 0.2) is 0 Å². The van der Waals surface area contributed by atoms with Crippen molar-refractivity contribution in [2.45, 2.75) is 13.0 Å². The molecule has 0 unspecified atom stereocenters. The Hall–Kier alpha value is -5.14. The highest BCUT2D eigenvalue weighted by molar-refractivity contribution is 6.12. The van der Waals surface area contributed by atoms with Crippen LogP contribution < -0.4 is 14.5 Å². The minimum absolute atomic E-state index is 0.0199. The Morgan fingerprint density at radius 3 is 2.50 bits per heavy atom. The minimum atomic E-state index is -0.447. The normalized spacial score (nSPS) is 13.8. The molecule has 6 rings (SSSR count). The third-order valence-corrected chi connectivity index (χ3v) is 5.73. The molecule has 0 atom stereocenters. The lowest BCUT2D eigenvalue weighted by Gasteiger charge is -2.26. The number of para-hydroxylation sites is 2. The van der Waals surface area contributed by atoms with Gasteiger partial charge in [-0.2, -0.15) is 9.52 Å². The van der Waals surface area contributed by atoms with Crippen LogP contribution in [0.5, 0.6) is 11.5 Å². The molecule has 2 amide bonds. The Balaban J connectivity index is 1.37. The highest BCUT2D eigenvalue weighted by atomic mass is 16.5. The number of methoxy groups -OCH3 is 2. The summed E-state index contributed by atoms with van der Waals surface area (Å²) in [7, 11) is 3.11. The van der Waals surface area contributed by atoms with Crippen molar-refractivity contribution in [1.29, 1.82) is 0 Å². The van der Waals surface area contributed by atoms with Crippen LogP contribution in [0.15, 0.2) is 48.7 Å². The Labute approximate surface area is 202 Å². The number of hydrogen-bond donors (Lipinski definition) is 0. The molecule has 2 aromatic carbocycles. The number of amides is 2. The van der Waals surface area contributed by atoms with Crippen LogP contribution in [0.25, 0.3) is 22.4 Å². The Morgan fingerprint density at radius 2 is 1.72 bits per heavy atom. The highest BCUT2D eigenvalue weighted by Gasteiger charge is 2.40. The van der Waals surface area contributed by atoms with Gasteiger partial charge < -0.3 is 9.47 Å². The van der Waals surface area contributed by atoms with E-state index in [4.69, 9.17) is 9.47 Å². The molecule has 36 heavy (non-hydrogen) atoms.